The van der Waals surface area contributed by atoms with Crippen molar-refractivity contribution in [2.24, 2.45) is 0 Å². The van der Waals surface area contributed by atoms with Gasteiger partial charge in [0.1, 0.15) is 0 Å². The van der Waals surface area contributed by atoms with Crippen molar-refractivity contribution in [3.63, 3.8) is 0 Å². The minimum atomic E-state index is -0.0764. The smallest absolute Gasteiger partial charge is 0.315 e. The van der Waals surface area contributed by atoms with Gasteiger partial charge in [0.15, 0.2) is 0 Å². The quantitative estimate of drug-likeness (QED) is 0.897. The van der Waals surface area contributed by atoms with E-state index in [4.69, 9.17) is 0 Å². The fourth-order valence-electron chi connectivity index (χ4n) is 1.93. The molecular formula is C14H20N2OS2. The first-order valence-electron chi connectivity index (χ1n) is 6.54. The van der Waals surface area contributed by atoms with Gasteiger partial charge < -0.3 is 10.6 Å². The molecule has 19 heavy (non-hydrogen) atoms. The summed E-state index contributed by atoms with van der Waals surface area (Å²) in [6.45, 7) is 2.76. The third-order valence-electron chi connectivity index (χ3n) is 3.02. The second-order valence-electron chi connectivity index (χ2n) is 4.55. The van der Waals surface area contributed by atoms with Crippen molar-refractivity contribution in [3.05, 3.63) is 35.9 Å². The molecule has 0 saturated carbocycles. The number of nitrogens with one attached hydrogen (secondary N) is 2. The molecule has 5 heteroatoms. The fourth-order valence-corrected chi connectivity index (χ4v) is 4.55. The number of amides is 2. The Morgan fingerprint density at radius 1 is 1.37 bits per heavy atom. The highest BCUT2D eigenvalue weighted by atomic mass is 32.2. The molecule has 2 N–H and O–H groups in total. The van der Waals surface area contributed by atoms with Crippen LogP contribution in [0.2, 0.25) is 0 Å². The predicted molar refractivity (Wildman–Crippen MR) is 85.0 cm³/mol. The van der Waals surface area contributed by atoms with Crippen molar-refractivity contribution in [1.82, 2.24) is 10.6 Å². The summed E-state index contributed by atoms with van der Waals surface area (Å²) in [5, 5.41) is 6.49. The lowest BCUT2D eigenvalue weighted by Crippen LogP contribution is -2.41. The largest absolute Gasteiger partial charge is 0.337 e. The molecule has 1 aromatic carbocycles. The van der Waals surface area contributed by atoms with Crippen LogP contribution in [0.3, 0.4) is 0 Å². The second-order valence-corrected chi connectivity index (χ2v) is 7.11. The van der Waals surface area contributed by atoms with Crippen LogP contribution in [-0.2, 0) is 0 Å². The fraction of sp³-hybridized carbons (Fsp3) is 0.500. The summed E-state index contributed by atoms with van der Waals surface area (Å²) < 4.78 is 0. The molecule has 0 bridgehead atoms. The van der Waals surface area contributed by atoms with E-state index in [9.17, 15) is 4.79 Å². The van der Waals surface area contributed by atoms with E-state index in [1.807, 2.05) is 60.8 Å². The molecule has 1 heterocycles. The van der Waals surface area contributed by atoms with Crippen molar-refractivity contribution in [2.75, 3.05) is 23.8 Å². The molecule has 1 aliphatic heterocycles. The molecule has 1 aliphatic rings. The highest BCUT2D eigenvalue weighted by Crippen LogP contribution is 2.23. The molecular weight excluding hydrogens is 276 g/mol. The first-order chi connectivity index (χ1) is 9.25. The summed E-state index contributed by atoms with van der Waals surface area (Å²) in [6, 6.07) is 9.97. The monoisotopic (exact) mass is 296 g/mol. The van der Waals surface area contributed by atoms with Gasteiger partial charge in [0.2, 0.25) is 0 Å². The van der Waals surface area contributed by atoms with E-state index in [2.05, 4.69) is 10.6 Å². The Labute approximate surface area is 123 Å². The SMILES string of the molecule is C[C@H](NC(=O)NCC1CSCCS1)c1ccccc1. The zero-order valence-electron chi connectivity index (χ0n) is 11.1. The molecule has 2 amide bonds. The Hall–Kier alpha value is -0.810. The molecule has 1 saturated heterocycles. The van der Waals surface area contributed by atoms with Crippen LogP contribution in [-0.4, -0.2) is 35.1 Å². The third kappa shape index (κ3) is 4.99. The Morgan fingerprint density at radius 3 is 2.84 bits per heavy atom. The molecule has 0 spiro atoms. The van der Waals surface area contributed by atoms with Gasteiger partial charge in [-0.05, 0) is 12.5 Å². The van der Waals surface area contributed by atoms with Crippen molar-refractivity contribution in [3.8, 4) is 0 Å². The van der Waals surface area contributed by atoms with Crippen LogP contribution < -0.4 is 10.6 Å². The average molecular weight is 296 g/mol. The first-order valence-corrected chi connectivity index (χ1v) is 8.74. The van der Waals surface area contributed by atoms with Gasteiger partial charge in [-0.2, -0.15) is 23.5 Å². The van der Waals surface area contributed by atoms with Gasteiger partial charge in [-0.15, -0.1) is 0 Å². The molecule has 1 unspecified atom stereocenters. The molecule has 1 aromatic rings. The summed E-state index contributed by atoms with van der Waals surface area (Å²) in [6.07, 6.45) is 0. The number of carbonyl (C=O) groups is 1. The highest BCUT2D eigenvalue weighted by Gasteiger charge is 2.15. The van der Waals surface area contributed by atoms with Gasteiger partial charge in [0.05, 0.1) is 6.04 Å². The lowest BCUT2D eigenvalue weighted by atomic mass is 10.1. The summed E-state index contributed by atoms with van der Waals surface area (Å²) in [5.41, 5.74) is 1.13. The number of rotatable bonds is 4. The maximum Gasteiger partial charge on any atom is 0.315 e. The summed E-state index contributed by atoms with van der Waals surface area (Å²) in [4.78, 5) is 11.8. The number of hydrogen-bond donors (Lipinski definition) is 2. The van der Waals surface area contributed by atoms with Crippen LogP contribution in [0.1, 0.15) is 18.5 Å². The number of benzene rings is 1. The molecule has 0 aromatic heterocycles. The average Bonchev–Trinajstić information content (AvgIpc) is 2.47. The number of carbonyl (C=O) groups excluding carboxylic acids is 1. The predicted octanol–water partition coefficient (Wildman–Crippen LogP) is 2.90. The van der Waals surface area contributed by atoms with Gasteiger partial charge in [0, 0.05) is 29.1 Å². The van der Waals surface area contributed by atoms with Crippen molar-refractivity contribution >= 4 is 29.6 Å². The van der Waals surface area contributed by atoms with E-state index < -0.39 is 0 Å². The Morgan fingerprint density at radius 2 is 2.16 bits per heavy atom. The summed E-state index contributed by atoms with van der Waals surface area (Å²) in [5.74, 6) is 3.57. The summed E-state index contributed by atoms with van der Waals surface area (Å²) >= 11 is 3.93. The zero-order valence-corrected chi connectivity index (χ0v) is 12.7. The second kappa shape index (κ2) is 7.70. The van der Waals surface area contributed by atoms with Gasteiger partial charge in [-0.3, -0.25) is 0 Å². The molecule has 2 rings (SSSR count). The lowest BCUT2D eigenvalue weighted by Gasteiger charge is -2.22. The van der Waals surface area contributed by atoms with Crippen LogP contribution >= 0.6 is 23.5 Å². The van der Waals surface area contributed by atoms with E-state index in [-0.39, 0.29) is 12.1 Å². The third-order valence-corrected chi connectivity index (χ3v) is 5.87. The van der Waals surface area contributed by atoms with Crippen molar-refractivity contribution < 1.29 is 4.79 Å². The normalized spacial score (nSPS) is 20.6. The van der Waals surface area contributed by atoms with Crippen LogP contribution in [0.25, 0.3) is 0 Å². The van der Waals surface area contributed by atoms with Crippen molar-refractivity contribution in [2.45, 2.75) is 18.2 Å². The van der Waals surface area contributed by atoms with Gasteiger partial charge in [-0.25, -0.2) is 4.79 Å². The van der Waals surface area contributed by atoms with Crippen LogP contribution in [0, 0.1) is 0 Å². The first kappa shape index (κ1) is 14.6. The molecule has 0 aliphatic carbocycles. The molecule has 104 valence electrons. The van der Waals surface area contributed by atoms with E-state index >= 15 is 0 Å². The van der Waals surface area contributed by atoms with Gasteiger partial charge in [-0.1, -0.05) is 30.3 Å². The maximum absolute atomic E-state index is 11.8. The maximum atomic E-state index is 11.8. The van der Waals surface area contributed by atoms with E-state index in [0.29, 0.717) is 5.25 Å². The minimum Gasteiger partial charge on any atom is -0.337 e. The minimum absolute atomic E-state index is 0.0367. The molecule has 1 fully saturated rings. The molecule has 0 radical (unpaired) electrons. The summed E-state index contributed by atoms with van der Waals surface area (Å²) in [7, 11) is 0. The Bertz CT molecular complexity index is 394. The van der Waals surface area contributed by atoms with Crippen LogP contribution in [0.4, 0.5) is 4.79 Å². The standard InChI is InChI=1S/C14H20N2OS2/c1-11(12-5-3-2-4-6-12)16-14(17)15-9-13-10-18-7-8-19-13/h2-6,11,13H,7-10H2,1H3,(H2,15,16,17)/t11-,13?/m0/s1. The van der Waals surface area contributed by atoms with Crippen LogP contribution in [0.15, 0.2) is 30.3 Å². The molecule has 2 atom stereocenters. The Balaban J connectivity index is 1.71. The zero-order chi connectivity index (χ0) is 13.5. The van der Waals surface area contributed by atoms with Gasteiger partial charge in [0.25, 0.3) is 0 Å². The van der Waals surface area contributed by atoms with E-state index in [1.165, 1.54) is 11.5 Å². The number of urea groups is 1. The number of hydrogen-bond acceptors (Lipinski definition) is 3. The van der Waals surface area contributed by atoms with E-state index in [1.54, 1.807) is 0 Å². The van der Waals surface area contributed by atoms with E-state index in [0.717, 1.165) is 17.9 Å². The Kier molecular flexibility index (Phi) is 5.92. The number of thioether (sulfide) groups is 2. The van der Waals surface area contributed by atoms with Crippen molar-refractivity contribution in [1.29, 1.82) is 0 Å². The topological polar surface area (TPSA) is 41.1 Å². The molecule has 3 nitrogen and oxygen atoms in total. The van der Waals surface area contributed by atoms with Crippen LogP contribution in [0.5, 0.6) is 0 Å². The lowest BCUT2D eigenvalue weighted by molar-refractivity contribution is 0.238. The van der Waals surface area contributed by atoms with Gasteiger partial charge >= 0.3 is 6.03 Å². The highest BCUT2D eigenvalue weighted by molar-refractivity contribution is 8.06.